The Labute approximate surface area is 175 Å². The first kappa shape index (κ1) is 22.2. The molecule has 0 radical (unpaired) electrons. The molecule has 0 aromatic heterocycles. The zero-order valence-corrected chi connectivity index (χ0v) is 18.8. The average Bonchev–Trinajstić information content (AvgIpc) is 2.70. The fourth-order valence-electron chi connectivity index (χ4n) is 4.37. The highest BCUT2D eigenvalue weighted by atomic mass is 32.2. The van der Waals surface area contributed by atoms with Crippen LogP contribution in [0, 0.1) is 13.8 Å². The number of carbonyl (C=O) groups is 1. The van der Waals surface area contributed by atoms with E-state index in [1.807, 2.05) is 26.0 Å². The molecule has 3 N–H and O–H groups in total. The summed E-state index contributed by atoms with van der Waals surface area (Å²) in [4.78, 5) is 15.6. The van der Waals surface area contributed by atoms with Crippen molar-refractivity contribution in [2.75, 3.05) is 52.4 Å². The second-order valence-corrected chi connectivity index (χ2v) is 10.5. The van der Waals surface area contributed by atoms with Crippen molar-refractivity contribution < 1.29 is 23.0 Å². The number of piperidine rings is 1. The Bertz CT molecular complexity index is 811. The third-order valence-corrected chi connectivity index (χ3v) is 8.40. The summed E-state index contributed by atoms with van der Waals surface area (Å²) in [7, 11) is -3.48. The van der Waals surface area contributed by atoms with E-state index in [0.717, 1.165) is 48.5 Å². The summed E-state index contributed by atoms with van der Waals surface area (Å²) in [5.41, 5.74) is 1.72. The standard InChI is InChI=1S/C21H34N4O3S/c1-4-23-9-7-19(8-10-23)22-21(26)16-24-11-13-25(14-12-24)29(27,28)20-15-17(2)5-6-18(20)3/h5-6,15,19H,4,7-14,16H2,1-3H3,(H,22,26)/p+2. The molecule has 1 aromatic carbocycles. The van der Waals surface area contributed by atoms with Crippen LogP contribution in [0.2, 0.25) is 0 Å². The minimum Gasteiger partial charge on any atom is -0.348 e. The van der Waals surface area contributed by atoms with Gasteiger partial charge in [-0.3, -0.25) is 4.79 Å². The maximum absolute atomic E-state index is 13.0. The maximum Gasteiger partial charge on any atom is 0.275 e. The van der Waals surface area contributed by atoms with Crippen molar-refractivity contribution in [2.45, 2.75) is 44.6 Å². The van der Waals surface area contributed by atoms with Crippen molar-refractivity contribution >= 4 is 15.9 Å². The molecule has 2 aliphatic heterocycles. The van der Waals surface area contributed by atoms with Gasteiger partial charge in [-0.25, -0.2) is 8.42 Å². The van der Waals surface area contributed by atoms with Gasteiger partial charge in [-0.05, 0) is 38.0 Å². The van der Waals surface area contributed by atoms with Crippen LogP contribution in [-0.2, 0) is 14.8 Å². The first-order valence-electron chi connectivity index (χ1n) is 10.8. The van der Waals surface area contributed by atoms with Crippen LogP contribution in [-0.4, -0.2) is 77.0 Å². The van der Waals surface area contributed by atoms with Gasteiger partial charge in [0.05, 0.1) is 50.7 Å². The first-order valence-corrected chi connectivity index (χ1v) is 12.3. The van der Waals surface area contributed by atoms with E-state index in [2.05, 4.69) is 12.2 Å². The number of piperazine rings is 1. The Morgan fingerprint density at radius 2 is 1.76 bits per heavy atom. The lowest BCUT2D eigenvalue weighted by Crippen LogP contribution is -3.16. The summed E-state index contributed by atoms with van der Waals surface area (Å²) in [6.45, 7) is 12.0. The summed E-state index contributed by atoms with van der Waals surface area (Å²) in [5.74, 6) is 0.0933. The molecule has 1 amide bonds. The zero-order valence-electron chi connectivity index (χ0n) is 18.0. The van der Waals surface area contributed by atoms with Crippen LogP contribution < -0.4 is 15.1 Å². The van der Waals surface area contributed by atoms with Crippen molar-refractivity contribution in [3.8, 4) is 0 Å². The zero-order chi connectivity index (χ0) is 21.0. The van der Waals surface area contributed by atoms with Crippen molar-refractivity contribution in [1.82, 2.24) is 9.62 Å². The van der Waals surface area contributed by atoms with Crippen LogP contribution in [0.5, 0.6) is 0 Å². The molecule has 2 aliphatic rings. The third kappa shape index (κ3) is 5.57. The molecule has 0 bridgehead atoms. The number of likely N-dealkylation sites (tertiary alicyclic amines) is 1. The van der Waals surface area contributed by atoms with Gasteiger partial charge in [0.1, 0.15) is 0 Å². The minimum absolute atomic E-state index is 0.0933. The quantitative estimate of drug-likeness (QED) is 0.514. The molecular weight excluding hydrogens is 388 g/mol. The van der Waals surface area contributed by atoms with Gasteiger partial charge in [-0.1, -0.05) is 12.1 Å². The number of aryl methyl sites for hydroxylation is 2. The Balaban J connectivity index is 1.49. The van der Waals surface area contributed by atoms with Gasteiger partial charge in [0, 0.05) is 18.9 Å². The van der Waals surface area contributed by atoms with Crippen LogP contribution in [0.15, 0.2) is 23.1 Å². The fourth-order valence-corrected chi connectivity index (χ4v) is 6.12. The Hall–Kier alpha value is -1.48. The molecule has 0 spiro atoms. The number of hydrogen-bond acceptors (Lipinski definition) is 3. The molecule has 0 atom stereocenters. The lowest BCUT2D eigenvalue weighted by molar-refractivity contribution is -0.903. The lowest BCUT2D eigenvalue weighted by atomic mass is 10.1. The van der Waals surface area contributed by atoms with Gasteiger partial charge in [-0.15, -0.1) is 0 Å². The second kappa shape index (κ2) is 9.55. The summed E-state index contributed by atoms with van der Waals surface area (Å²) in [6.07, 6.45) is 2.10. The van der Waals surface area contributed by atoms with Crippen LogP contribution in [0.1, 0.15) is 30.9 Å². The Kier molecular flexibility index (Phi) is 7.32. The number of sulfonamides is 1. The average molecular weight is 425 g/mol. The van der Waals surface area contributed by atoms with Gasteiger partial charge in [0.15, 0.2) is 6.54 Å². The van der Waals surface area contributed by atoms with Crippen molar-refractivity contribution in [1.29, 1.82) is 0 Å². The topological polar surface area (TPSA) is 75.4 Å². The lowest BCUT2D eigenvalue weighted by Gasteiger charge is -2.32. The number of nitrogens with zero attached hydrogens (tertiary/aromatic N) is 1. The number of benzene rings is 1. The number of nitrogens with one attached hydrogen (secondary N) is 3. The normalized spacial score (nSPS) is 24.4. The Morgan fingerprint density at radius 3 is 2.38 bits per heavy atom. The fraction of sp³-hybridized carbons (Fsp3) is 0.667. The van der Waals surface area contributed by atoms with Gasteiger partial charge >= 0.3 is 0 Å². The number of hydrogen-bond donors (Lipinski definition) is 3. The van der Waals surface area contributed by atoms with Gasteiger partial charge < -0.3 is 15.1 Å². The highest BCUT2D eigenvalue weighted by molar-refractivity contribution is 7.89. The van der Waals surface area contributed by atoms with Crippen molar-refractivity contribution in [3.05, 3.63) is 29.3 Å². The van der Waals surface area contributed by atoms with E-state index in [1.165, 1.54) is 0 Å². The largest absolute Gasteiger partial charge is 0.348 e. The SMILES string of the molecule is CC[NH+]1CCC(NC(=O)C[NH+]2CCN(S(=O)(=O)c3cc(C)ccc3C)CC2)CC1. The van der Waals surface area contributed by atoms with Crippen LogP contribution >= 0.6 is 0 Å². The van der Waals surface area contributed by atoms with Crippen LogP contribution in [0.25, 0.3) is 0 Å². The molecule has 0 unspecified atom stereocenters. The van der Waals surface area contributed by atoms with Crippen molar-refractivity contribution in [3.63, 3.8) is 0 Å². The second-order valence-electron chi connectivity index (χ2n) is 8.55. The molecule has 2 heterocycles. The van der Waals surface area contributed by atoms with E-state index >= 15 is 0 Å². The van der Waals surface area contributed by atoms with E-state index < -0.39 is 10.0 Å². The molecule has 2 saturated heterocycles. The number of quaternary nitrogens is 2. The molecular formula is C21H36N4O3S+2. The van der Waals surface area contributed by atoms with Gasteiger partial charge in [0.25, 0.3) is 5.91 Å². The number of amides is 1. The van der Waals surface area contributed by atoms with E-state index in [1.54, 1.807) is 15.3 Å². The van der Waals surface area contributed by atoms with E-state index in [0.29, 0.717) is 43.7 Å². The molecule has 29 heavy (non-hydrogen) atoms. The number of carbonyl (C=O) groups excluding carboxylic acids is 1. The van der Waals surface area contributed by atoms with Gasteiger partial charge in [0.2, 0.25) is 10.0 Å². The molecule has 0 saturated carbocycles. The maximum atomic E-state index is 13.0. The van der Waals surface area contributed by atoms with Crippen LogP contribution in [0.3, 0.4) is 0 Å². The van der Waals surface area contributed by atoms with E-state index in [4.69, 9.17) is 0 Å². The highest BCUT2D eigenvalue weighted by Gasteiger charge is 2.32. The van der Waals surface area contributed by atoms with E-state index in [9.17, 15) is 13.2 Å². The Morgan fingerprint density at radius 1 is 1.10 bits per heavy atom. The summed E-state index contributed by atoms with van der Waals surface area (Å²) in [5, 5.41) is 3.19. The molecule has 3 rings (SSSR count). The van der Waals surface area contributed by atoms with Crippen LogP contribution in [0.4, 0.5) is 0 Å². The summed E-state index contributed by atoms with van der Waals surface area (Å²) < 4.78 is 27.6. The number of rotatable bonds is 6. The molecule has 7 nitrogen and oxygen atoms in total. The molecule has 2 fully saturated rings. The van der Waals surface area contributed by atoms with E-state index in [-0.39, 0.29) is 5.91 Å². The third-order valence-electron chi connectivity index (χ3n) is 6.36. The predicted molar refractivity (Wildman–Crippen MR) is 113 cm³/mol. The summed E-state index contributed by atoms with van der Waals surface area (Å²) >= 11 is 0. The molecule has 0 aliphatic carbocycles. The monoisotopic (exact) mass is 424 g/mol. The molecule has 8 heteroatoms. The molecule has 162 valence electrons. The van der Waals surface area contributed by atoms with Crippen molar-refractivity contribution in [2.24, 2.45) is 0 Å². The predicted octanol–water partition coefficient (Wildman–Crippen LogP) is -1.62. The minimum atomic E-state index is -3.48. The van der Waals surface area contributed by atoms with Gasteiger partial charge in [-0.2, -0.15) is 4.31 Å². The molecule has 1 aromatic rings. The smallest absolute Gasteiger partial charge is 0.275 e. The highest BCUT2D eigenvalue weighted by Crippen LogP contribution is 2.21. The first-order chi connectivity index (χ1) is 13.8. The summed E-state index contributed by atoms with van der Waals surface area (Å²) in [6, 6.07) is 5.84.